The first kappa shape index (κ1) is 22.6. The number of fused-ring (bicyclic) bond motifs is 1. The minimum atomic E-state index is -0.0527. The first-order chi connectivity index (χ1) is 16.1. The number of hydrogen-bond acceptors (Lipinski definition) is 4. The van der Waals surface area contributed by atoms with Crippen molar-refractivity contribution in [1.82, 2.24) is 0 Å². The summed E-state index contributed by atoms with van der Waals surface area (Å²) in [5.41, 5.74) is 2.44. The van der Waals surface area contributed by atoms with Gasteiger partial charge in [-0.25, -0.2) is 0 Å². The highest BCUT2D eigenvalue weighted by Crippen LogP contribution is 2.26. The summed E-state index contributed by atoms with van der Waals surface area (Å²) < 4.78 is 5.35. The molecule has 0 atom stereocenters. The Morgan fingerprint density at radius 1 is 0.848 bits per heavy atom. The van der Waals surface area contributed by atoms with Gasteiger partial charge in [0, 0.05) is 21.7 Å². The average Bonchev–Trinajstić information content (AvgIpc) is 2.83. The number of carbonyl (C=O) groups excluding carboxylic acids is 1. The van der Waals surface area contributed by atoms with Gasteiger partial charge >= 0.3 is 0 Å². The zero-order valence-corrected chi connectivity index (χ0v) is 19.6. The molecule has 1 amide bonds. The van der Waals surface area contributed by atoms with Crippen molar-refractivity contribution in [1.29, 1.82) is 0 Å². The number of rotatable bonds is 7. The number of para-hydroxylation sites is 2. The number of benzene rings is 4. The van der Waals surface area contributed by atoms with E-state index in [-0.39, 0.29) is 5.91 Å². The third kappa shape index (κ3) is 6.03. The van der Waals surface area contributed by atoms with Crippen LogP contribution in [0.4, 0.5) is 17.1 Å². The fraction of sp³-hybridized carbons (Fsp3) is 0.0769. The van der Waals surface area contributed by atoms with Crippen LogP contribution in [0.3, 0.4) is 0 Å². The van der Waals surface area contributed by atoms with Gasteiger partial charge in [0.1, 0.15) is 5.75 Å². The van der Waals surface area contributed by atoms with E-state index in [2.05, 4.69) is 16.0 Å². The Bertz CT molecular complexity index is 1290. The van der Waals surface area contributed by atoms with Gasteiger partial charge in [-0.1, -0.05) is 54.6 Å². The van der Waals surface area contributed by atoms with Crippen LogP contribution in [0.15, 0.2) is 95.9 Å². The van der Waals surface area contributed by atoms with Gasteiger partial charge in [0.25, 0.3) is 0 Å². The summed E-state index contributed by atoms with van der Waals surface area (Å²) in [7, 11) is 1.62. The molecule has 4 aromatic rings. The number of methoxy groups -OCH3 is 1. The molecule has 0 aliphatic rings. The van der Waals surface area contributed by atoms with Crippen LogP contribution in [0, 0.1) is 0 Å². The van der Waals surface area contributed by atoms with Gasteiger partial charge < -0.3 is 20.7 Å². The van der Waals surface area contributed by atoms with Gasteiger partial charge in [0.05, 0.1) is 18.6 Å². The number of hydrogen-bond donors (Lipinski definition) is 3. The third-order valence-electron chi connectivity index (χ3n) is 4.88. The second-order valence-electron chi connectivity index (χ2n) is 7.17. The minimum Gasteiger partial charge on any atom is -0.495 e. The van der Waals surface area contributed by atoms with Crippen LogP contribution in [0.1, 0.15) is 0 Å². The summed E-state index contributed by atoms with van der Waals surface area (Å²) in [5, 5.41) is 11.9. The topological polar surface area (TPSA) is 62.4 Å². The molecule has 0 unspecified atom stereocenters. The molecular weight excluding hydrogens is 450 g/mol. The number of thiocarbonyl (C=S) groups is 1. The van der Waals surface area contributed by atoms with Crippen molar-refractivity contribution in [3.63, 3.8) is 0 Å². The van der Waals surface area contributed by atoms with Crippen molar-refractivity contribution < 1.29 is 9.53 Å². The Hall–Kier alpha value is -3.55. The first-order valence-corrected chi connectivity index (χ1v) is 11.7. The molecule has 4 rings (SSSR count). The zero-order chi connectivity index (χ0) is 23.0. The van der Waals surface area contributed by atoms with Crippen molar-refractivity contribution in [2.24, 2.45) is 0 Å². The second-order valence-corrected chi connectivity index (χ2v) is 8.63. The van der Waals surface area contributed by atoms with Gasteiger partial charge in [-0.3, -0.25) is 4.79 Å². The quantitative estimate of drug-likeness (QED) is 0.214. The van der Waals surface area contributed by atoms with Crippen LogP contribution in [0.25, 0.3) is 10.8 Å². The standard InChI is InChI=1S/C26H23N3O2S2/c1-31-24-15-5-4-13-23(24)29-26(32)27-19-10-7-11-20(16-19)33-17-25(30)28-22-14-6-9-18-8-2-3-12-21(18)22/h2-16H,17H2,1H3,(H,28,30)(H2,27,29,32). The maximum atomic E-state index is 12.6. The van der Waals surface area contributed by atoms with Crippen molar-refractivity contribution in [2.45, 2.75) is 4.90 Å². The monoisotopic (exact) mass is 473 g/mol. The van der Waals surface area contributed by atoms with E-state index in [0.29, 0.717) is 16.6 Å². The molecule has 0 bridgehead atoms. The third-order valence-corrected chi connectivity index (χ3v) is 6.08. The maximum Gasteiger partial charge on any atom is 0.234 e. The highest BCUT2D eigenvalue weighted by Gasteiger charge is 2.08. The van der Waals surface area contributed by atoms with Gasteiger partial charge in [-0.05, 0) is 54.0 Å². The summed E-state index contributed by atoms with van der Waals surface area (Å²) in [6.45, 7) is 0. The molecule has 0 aliphatic carbocycles. The molecule has 0 aromatic heterocycles. The lowest BCUT2D eigenvalue weighted by Gasteiger charge is -2.14. The summed E-state index contributed by atoms with van der Waals surface area (Å²) in [5.74, 6) is 0.961. The fourth-order valence-corrected chi connectivity index (χ4v) is 4.35. The average molecular weight is 474 g/mol. The number of thioether (sulfide) groups is 1. The highest BCUT2D eigenvalue weighted by atomic mass is 32.2. The largest absolute Gasteiger partial charge is 0.495 e. The molecule has 0 heterocycles. The Kier molecular flexibility index (Phi) is 7.44. The lowest BCUT2D eigenvalue weighted by molar-refractivity contribution is -0.113. The Morgan fingerprint density at radius 2 is 1.58 bits per heavy atom. The molecule has 4 aromatic carbocycles. The molecule has 0 fully saturated rings. The van der Waals surface area contributed by atoms with E-state index in [1.807, 2.05) is 91.0 Å². The molecule has 0 aliphatic heterocycles. The van der Waals surface area contributed by atoms with Crippen molar-refractivity contribution in [2.75, 3.05) is 28.8 Å². The molecule has 7 heteroatoms. The molecule has 0 saturated carbocycles. The van der Waals surface area contributed by atoms with Crippen LogP contribution in [-0.2, 0) is 4.79 Å². The number of ether oxygens (including phenoxy) is 1. The molecule has 0 saturated heterocycles. The summed E-state index contributed by atoms with van der Waals surface area (Å²) in [6, 6.07) is 29.3. The van der Waals surface area contributed by atoms with E-state index >= 15 is 0 Å². The number of carbonyl (C=O) groups is 1. The van der Waals surface area contributed by atoms with E-state index in [1.165, 1.54) is 11.8 Å². The zero-order valence-electron chi connectivity index (χ0n) is 18.0. The number of anilines is 3. The van der Waals surface area contributed by atoms with E-state index in [9.17, 15) is 4.79 Å². The summed E-state index contributed by atoms with van der Waals surface area (Å²) in [4.78, 5) is 13.5. The van der Waals surface area contributed by atoms with E-state index in [1.54, 1.807) is 7.11 Å². The number of amides is 1. The molecular formula is C26H23N3O2S2. The van der Waals surface area contributed by atoms with Crippen LogP contribution in [0.5, 0.6) is 5.75 Å². The Balaban J connectivity index is 1.34. The molecule has 0 radical (unpaired) electrons. The van der Waals surface area contributed by atoms with E-state index in [0.717, 1.165) is 32.7 Å². The molecule has 166 valence electrons. The summed E-state index contributed by atoms with van der Waals surface area (Å²) >= 11 is 6.91. The lowest BCUT2D eigenvalue weighted by Crippen LogP contribution is -2.19. The summed E-state index contributed by atoms with van der Waals surface area (Å²) in [6.07, 6.45) is 0. The fourth-order valence-electron chi connectivity index (χ4n) is 3.37. The predicted molar refractivity (Wildman–Crippen MR) is 143 cm³/mol. The van der Waals surface area contributed by atoms with Crippen molar-refractivity contribution in [3.05, 3.63) is 91.0 Å². The van der Waals surface area contributed by atoms with Gasteiger partial charge in [0.2, 0.25) is 5.91 Å². The molecule has 5 nitrogen and oxygen atoms in total. The lowest BCUT2D eigenvalue weighted by atomic mass is 10.1. The second kappa shape index (κ2) is 10.8. The predicted octanol–water partition coefficient (Wildman–Crippen LogP) is 6.39. The van der Waals surface area contributed by atoms with E-state index < -0.39 is 0 Å². The van der Waals surface area contributed by atoms with Gasteiger partial charge in [0.15, 0.2) is 5.11 Å². The molecule has 33 heavy (non-hydrogen) atoms. The van der Waals surface area contributed by atoms with Crippen LogP contribution in [0.2, 0.25) is 0 Å². The molecule has 3 N–H and O–H groups in total. The smallest absolute Gasteiger partial charge is 0.234 e. The van der Waals surface area contributed by atoms with Crippen molar-refractivity contribution in [3.8, 4) is 5.75 Å². The van der Waals surface area contributed by atoms with Crippen LogP contribution >= 0.6 is 24.0 Å². The van der Waals surface area contributed by atoms with Gasteiger partial charge in [-0.2, -0.15) is 0 Å². The van der Waals surface area contributed by atoms with Gasteiger partial charge in [-0.15, -0.1) is 11.8 Å². The van der Waals surface area contributed by atoms with Crippen molar-refractivity contribution >= 4 is 62.8 Å². The minimum absolute atomic E-state index is 0.0527. The Morgan fingerprint density at radius 3 is 2.45 bits per heavy atom. The normalized spacial score (nSPS) is 10.5. The van der Waals surface area contributed by atoms with Crippen LogP contribution < -0.4 is 20.7 Å². The molecule has 0 spiro atoms. The van der Waals surface area contributed by atoms with Crippen LogP contribution in [-0.4, -0.2) is 23.9 Å². The first-order valence-electron chi connectivity index (χ1n) is 10.3. The highest BCUT2D eigenvalue weighted by molar-refractivity contribution is 8.00. The Labute approximate surface area is 202 Å². The van der Waals surface area contributed by atoms with E-state index in [4.69, 9.17) is 17.0 Å². The maximum absolute atomic E-state index is 12.6. The number of nitrogens with one attached hydrogen (secondary N) is 3. The SMILES string of the molecule is COc1ccccc1NC(=S)Nc1cccc(SCC(=O)Nc2cccc3ccccc23)c1.